The third kappa shape index (κ3) is 3.09. The van der Waals surface area contributed by atoms with Gasteiger partial charge in [-0.25, -0.2) is 15.0 Å². The summed E-state index contributed by atoms with van der Waals surface area (Å²) in [5, 5.41) is 5.00. The summed E-state index contributed by atoms with van der Waals surface area (Å²) in [5.41, 5.74) is 4.18. The van der Waals surface area contributed by atoms with Crippen LogP contribution in [0.15, 0.2) is 33.7 Å². The molecule has 0 unspecified atom stereocenters. The van der Waals surface area contributed by atoms with Crippen molar-refractivity contribution in [3.05, 3.63) is 46.6 Å². The Hall–Kier alpha value is -3.56. The lowest BCUT2D eigenvalue weighted by Crippen LogP contribution is -2.14. The first kappa shape index (κ1) is 19.1. The van der Waals surface area contributed by atoms with Crippen molar-refractivity contribution in [1.82, 2.24) is 15.0 Å². The van der Waals surface area contributed by atoms with Gasteiger partial charge in [0.25, 0.3) is 0 Å². The zero-order valence-corrected chi connectivity index (χ0v) is 17.7. The number of pyridine rings is 1. The van der Waals surface area contributed by atoms with Crippen LogP contribution in [0, 0.1) is 0 Å². The van der Waals surface area contributed by atoms with Crippen LogP contribution >= 0.6 is 11.6 Å². The molecule has 0 fully saturated rings. The predicted octanol–water partition coefficient (Wildman–Crippen LogP) is 4.32. The molecule has 1 aromatic carbocycles. The van der Waals surface area contributed by atoms with Crippen molar-refractivity contribution >= 4 is 50.8 Å². The summed E-state index contributed by atoms with van der Waals surface area (Å²) in [6.07, 6.45) is 0.650. The molecule has 0 saturated heterocycles. The highest BCUT2D eigenvalue weighted by Gasteiger charge is 2.25. The third-order valence-corrected chi connectivity index (χ3v) is 5.63. The lowest BCUT2D eigenvalue weighted by Gasteiger charge is -2.18. The topological polar surface area (TPSA) is 112 Å². The predicted molar refractivity (Wildman–Crippen MR) is 118 cm³/mol. The number of nitrogens with zero attached hydrogens (tertiary/aromatic N) is 4. The summed E-state index contributed by atoms with van der Waals surface area (Å²) in [5.74, 6) is 0.501. The van der Waals surface area contributed by atoms with Gasteiger partial charge < -0.3 is 19.2 Å². The van der Waals surface area contributed by atoms with Crippen LogP contribution in [-0.2, 0) is 17.8 Å². The molecular formula is C22H16ClN5O4. The fourth-order valence-electron chi connectivity index (χ4n) is 4.00. The average molecular weight is 450 g/mol. The maximum Gasteiger partial charge on any atom is 0.314 e. The van der Waals surface area contributed by atoms with Crippen LogP contribution in [0.5, 0.6) is 11.8 Å². The molecule has 6 rings (SSSR count). The minimum Gasteiger partial charge on any atom is -0.449 e. The zero-order valence-electron chi connectivity index (χ0n) is 16.9. The van der Waals surface area contributed by atoms with Gasteiger partial charge >= 0.3 is 5.91 Å². The summed E-state index contributed by atoms with van der Waals surface area (Å²) in [6, 6.07) is 7.23. The molecule has 2 aliphatic heterocycles. The van der Waals surface area contributed by atoms with E-state index in [9.17, 15) is 4.79 Å². The van der Waals surface area contributed by atoms with Crippen molar-refractivity contribution in [2.75, 3.05) is 18.5 Å². The zero-order chi connectivity index (χ0) is 21.8. The molecule has 1 amide bonds. The Balaban J connectivity index is 1.44. The Morgan fingerprint density at radius 1 is 1.16 bits per heavy atom. The minimum atomic E-state index is -0.396. The number of fused-ring (bicyclic) bond motifs is 6. The molecular weight excluding hydrogens is 434 g/mol. The lowest BCUT2D eigenvalue weighted by molar-refractivity contribution is 0.0980. The molecule has 0 aliphatic carbocycles. The van der Waals surface area contributed by atoms with Crippen LogP contribution in [0.2, 0.25) is 5.28 Å². The molecule has 0 atom stereocenters. The fourth-order valence-corrected chi connectivity index (χ4v) is 4.17. The molecule has 32 heavy (non-hydrogen) atoms. The number of aliphatic imine (C=N–C) groups is 1. The van der Waals surface area contributed by atoms with Gasteiger partial charge in [-0.15, -0.1) is 0 Å². The maximum atomic E-state index is 12.4. The third-order valence-electron chi connectivity index (χ3n) is 5.46. The van der Waals surface area contributed by atoms with Crippen molar-refractivity contribution < 1.29 is 18.7 Å². The number of halogens is 1. The van der Waals surface area contributed by atoms with E-state index in [0.29, 0.717) is 60.4 Å². The molecule has 0 bridgehead atoms. The molecule has 0 saturated carbocycles. The SMILES string of the molecule is CC1=NC(=O)c2oc3ccc4nc(Oc5nc(Cl)nc6c5COCC6)ccc4c3c2NC1. The standard InChI is InChI=1S/C22H16ClN5O4/c1-10-8-24-18-17-11-2-5-16(26-13(11)3-4-15(17)31-19(18)20(29)25-10)32-21-12-9-30-7-6-14(12)27-22(23)28-21/h2-5,24H,6-9H2,1H3. The average Bonchev–Trinajstić information content (AvgIpc) is 3.10. The van der Waals surface area contributed by atoms with E-state index in [1.54, 1.807) is 19.1 Å². The second-order valence-electron chi connectivity index (χ2n) is 7.59. The monoisotopic (exact) mass is 449 g/mol. The first-order chi connectivity index (χ1) is 15.6. The number of hydrogen-bond acceptors (Lipinski definition) is 8. The van der Waals surface area contributed by atoms with Gasteiger partial charge in [-0.3, -0.25) is 4.79 Å². The van der Waals surface area contributed by atoms with Crippen LogP contribution in [0.25, 0.3) is 21.9 Å². The first-order valence-electron chi connectivity index (χ1n) is 10.1. The summed E-state index contributed by atoms with van der Waals surface area (Å²) < 4.78 is 17.3. The van der Waals surface area contributed by atoms with Crippen LogP contribution in [0.4, 0.5) is 5.69 Å². The Morgan fingerprint density at radius 3 is 2.97 bits per heavy atom. The van der Waals surface area contributed by atoms with Gasteiger partial charge in [-0.05, 0) is 36.7 Å². The lowest BCUT2D eigenvalue weighted by atomic mass is 10.1. The highest BCUT2D eigenvalue weighted by Crippen LogP contribution is 2.38. The van der Waals surface area contributed by atoms with Gasteiger partial charge in [0.2, 0.25) is 22.8 Å². The van der Waals surface area contributed by atoms with Crippen molar-refractivity contribution in [2.45, 2.75) is 20.0 Å². The van der Waals surface area contributed by atoms with Crippen LogP contribution in [0.1, 0.15) is 28.7 Å². The number of ether oxygens (including phenoxy) is 2. The van der Waals surface area contributed by atoms with Gasteiger partial charge in [0.05, 0.1) is 47.6 Å². The summed E-state index contributed by atoms with van der Waals surface area (Å²) >= 11 is 6.08. The molecule has 0 radical (unpaired) electrons. The van der Waals surface area contributed by atoms with Crippen molar-refractivity contribution in [3.8, 4) is 11.8 Å². The molecule has 3 aromatic heterocycles. The molecule has 10 heteroatoms. The van der Waals surface area contributed by atoms with Gasteiger partial charge in [0.15, 0.2) is 0 Å². The van der Waals surface area contributed by atoms with Gasteiger partial charge in [-0.1, -0.05) is 0 Å². The second kappa shape index (κ2) is 7.25. The number of carbonyl (C=O) groups excluding carboxylic acids is 1. The van der Waals surface area contributed by atoms with Crippen molar-refractivity contribution in [1.29, 1.82) is 0 Å². The van der Waals surface area contributed by atoms with Crippen LogP contribution in [0.3, 0.4) is 0 Å². The van der Waals surface area contributed by atoms with Crippen LogP contribution < -0.4 is 10.1 Å². The largest absolute Gasteiger partial charge is 0.449 e. The van der Waals surface area contributed by atoms with E-state index in [2.05, 4.69) is 25.3 Å². The van der Waals surface area contributed by atoms with Gasteiger partial charge in [0, 0.05) is 23.6 Å². The number of furan rings is 1. The fraction of sp³-hybridized carbons (Fsp3) is 0.227. The Labute approximate surface area is 186 Å². The summed E-state index contributed by atoms with van der Waals surface area (Å²) in [6.45, 7) is 3.20. The molecule has 9 nitrogen and oxygen atoms in total. The Bertz CT molecular complexity index is 1460. The summed E-state index contributed by atoms with van der Waals surface area (Å²) in [7, 11) is 0. The Morgan fingerprint density at radius 2 is 2.06 bits per heavy atom. The van der Waals surface area contributed by atoms with E-state index < -0.39 is 5.91 Å². The summed E-state index contributed by atoms with van der Waals surface area (Å²) in [4.78, 5) is 29.6. The number of rotatable bonds is 2. The quantitative estimate of drug-likeness (QED) is 0.450. The molecule has 1 N–H and O–H groups in total. The number of benzene rings is 1. The number of aromatic nitrogens is 3. The van der Waals surface area contributed by atoms with Crippen molar-refractivity contribution in [2.24, 2.45) is 4.99 Å². The molecule has 4 aromatic rings. The van der Waals surface area contributed by atoms with Gasteiger partial charge in [-0.2, -0.15) is 4.98 Å². The molecule has 160 valence electrons. The van der Waals surface area contributed by atoms with E-state index in [-0.39, 0.29) is 11.0 Å². The normalized spacial score (nSPS) is 15.7. The molecule has 0 spiro atoms. The highest BCUT2D eigenvalue weighted by atomic mass is 35.5. The first-order valence-corrected chi connectivity index (χ1v) is 10.4. The Kier molecular flexibility index (Phi) is 4.34. The number of anilines is 1. The number of nitrogens with one attached hydrogen (secondary N) is 1. The van der Waals surface area contributed by atoms with Gasteiger partial charge in [0.1, 0.15) is 5.58 Å². The maximum absolute atomic E-state index is 12.4. The molecule has 2 aliphatic rings. The van der Waals surface area contributed by atoms with E-state index in [1.807, 2.05) is 12.1 Å². The van der Waals surface area contributed by atoms with E-state index in [4.69, 9.17) is 25.5 Å². The minimum absolute atomic E-state index is 0.123. The second-order valence-corrected chi connectivity index (χ2v) is 7.93. The van der Waals surface area contributed by atoms with E-state index >= 15 is 0 Å². The van der Waals surface area contributed by atoms with Crippen molar-refractivity contribution in [3.63, 3.8) is 0 Å². The van der Waals surface area contributed by atoms with E-state index in [1.165, 1.54) is 0 Å². The number of hydrogen-bond donors (Lipinski definition) is 1. The smallest absolute Gasteiger partial charge is 0.314 e. The number of amides is 1. The number of carbonyl (C=O) groups is 1. The van der Waals surface area contributed by atoms with E-state index in [0.717, 1.165) is 22.0 Å². The van der Waals surface area contributed by atoms with Crippen LogP contribution in [-0.4, -0.2) is 39.7 Å². The molecule has 5 heterocycles. The highest BCUT2D eigenvalue weighted by molar-refractivity contribution is 6.28.